The van der Waals surface area contributed by atoms with Crippen LogP contribution in [-0.2, 0) is 19.1 Å². The fourth-order valence-corrected chi connectivity index (χ4v) is 8.10. The van der Waals surface area contributed by atoms with Crippen molar-refractivity contribution in [2.45, 2.75) is 84.7 Å². The van der Waals surface area contributed by atoms with E-state index in [0.29, 0.717) is 24.5 Å². The summed E-state index contributed by atoms with van der Waals surface area (Å²) in [6, 6.07) is 0. The Morgan fingerprint density at radius 3 is 2.60 bits per heavy atom. The van der Waals surface area contributed by atoms with Crippen molar-refractivity contribution in [2.75, 3.05) is 0 Å². The zero-order valence-corrected chi connectivity index (χ0v) is 18.5. The Balaban J connectivity index is 1.47. The highest BCUT2D eigenvalue weighted by Crippen LogP contribution is 2.66. The molecule has 0 spiro atoms. The molecule has 162 valence electrons. The summed E-state index contributed by atoms with van der Waals surface area (Å²) < 4.78 is 5.48. The third-order valence-electron chi connectivity index (χ3n) is 9.52. The van der Waals surface area contributed by atoms with Crippen LogP contribution in [0.15, 0.2) is 23.3 Å². The van der Waals surface area contributed by atoms with Crippen LogP contribution in [0.5, 0.6) is 0 Å². The van der Waals surface area contributed by atoms with Gasteiger partial charge in [-0.05, 0) is 73.7 Å². The maximum absolute atomic E-state index is 13.5. The molecule has 0 saturated heterocycles. The minimum atomic E-state index is -0.241. The lowest BCUT2D eigenvalue weighted by atomic mass is 9.47. The van der Waals surface area contributed by atoms with Crippen molar-refractivity contribution in [3.8, 4) is 0 Å². The summed E-state index contributed by atoms with van der Waals surface area (Å²) in [5.41, 5.74) is 2.45. The summed E-state index contributed by atoms with van der Waals surface area (Å²) in [5, 5.41) is 0. The van der Waals surface area contributed by atoms with Crippen LogP contribution in [-0.4, -0.2) is 23.6 Å². The summed E-state index contributed by atoms with van der Waals surface area (Å²) >= 11 is 0. The molecule has 0 heterocycles. The van der Waals surface area contributed by atoms with E-state index >= 15 is 0 Å². The summed E-state index contributed by atoms with van der Waals surface area (Å²) in [5.74, 6) is 0.849. The number of fused-ring (bicyclic) bond motifs is 5. The van der Waals surface area contributed by atoms with E-state index in [2.05, 4.69) is 19.9 Å². The average molecular weight is 411 g/mol. The predicted octanol–water partition coefficient (Wildman–Crippen LogP) is 4.97. The lowest BCUT2D eigenvalue weighted by Gasteiger charge is -2.57. The van der Waals surface area contributed by atoms with Crippen molar-refractivity contribution in [2.24, 2.45) is 34.5 Å². The molecule has 4 nitrogen and oxygen atoms in total. The number of ketones is 2. The molecule has 5 aliphatic rings. The van der Waals surface area contributed by atoms with Crippen molar-refractivity contribution >= 4 is 17.5 Å². The summed E-state index contributed by atoms with van der Waals surface area (Å²) in [6.07, 6.45) is 12.5. The van der Waals surface area contributed by atoms with Crippen LogP contribution < -0.4 is 0 Å². The number of rotatable bonds is 2. The Bertz CT molecular complexity index is 866. The second kappa shape index (κ2) is 6.90. The topological polar surface area (TPSA) is 60.4 Å². The Morgan fingerprint density at radius 2 is 1.90 bits per heavy atom. The molecule has 7 atom stereocenters. The van der Waals surface area contributed by atoms with Crippen molar-refractivity contribution in [3.63, 3.8) is 0 Å². The van der Waals surface area contributed by atoms with Crippen molar-refractivity contribution in [1.82, 2.24) is 0 Å². The van der Waals surface area contributed by atoms with E-state index < -0.39 is 0 Å². The smallest absolute Gasteiger partial charge is 0.302 e. The van der Waals surface area contributed by atoms with Gasteiger partial charge in [-0.3, -0.25) is 14.4 Å². The molecule has 0 radical (unpaired) electrons. The standard InChI is InChI=1S/C26H34O4/c1-15(27)30-18-8-10-25(2)17(12-18)13-21(28)23-19(25)9-11-26(3)20(23)14-22(29)24(26)16-6-4-5-7-16/h6,13,18-20,23-24H,4-5,7-12,14H2,1-3H3/t18-,19?,20?,23?,24-,25-,26-/m0/s1. The SMILES string of the molecule is CC(=O)O[C@H]1CC[C@@]2(C)C(=CC(=O)C3C2CC[C@@]2(C)C3CC(=O)[C@@H]2C2=CCCC2)C1. The third-order valence-corrected chi connectivity index (χ3v) is 9.52. The molecule has 0 amide bonds. The van der Waals surface area contributed by atoms with Gasteiger partial charge >= 0.3 is 5.97 Å². The largest absolute Gasteiger partial charge is 0.462 e. The summed E-state index contributed by atoms with van der Waals surface area (Å²) in [4.78, 5) is 38.1. The number of Topliss-reactive ketones (excluding diaryl/α,β-unsaturated/α-hetero) is 1. The van der Waals surface area contributed by atoms with Gasteiger partial charge in [0.15, 0.2) is 5.78 Å². The number of carbonyl (C=O) groups is 3. The lowest BCUT2D eigenvalue weighted by molar-refractivity contribution is -0.149. The summed E-state index contributed by atoms with van der Waals surface area (Å²) in [6.45, 7) is 6.08. The molecule has 3 fully saturated rings. The first-order chi connectivity index (χ1) is 14.2. The van der Waals surface area contributed by atoms with E-state index in [-0.39, 0.29) is 46.4 Å². The number of ether oxygens (including phenoxy) is 1. The molecule has 3 unspecified atom stereocenters. The minimum absolute atomic E-state index is 0.00961. The van der Waals surface area contributed by atoms with Crippen molar-refractivity contribution in [1.29, 1.82) is 0 Å². The van der Waals surface area contributed by atoms with Crippen LogP contribution in [0.3, 0.4) is 0 Å². The predicted molar refractivity (Wildman–Crippen MR) is 113 cm³/mol. The fourth-order valence-electron chi connectivity index (χ4n) is 8.10. The third kappa shape index (κ3) is 2.81. The van der Waals surface area contributed by atoms with E-state index in [4.69, 9.17) is 4.74 Å². The van der Waals surface area contributed by atoms with Gasteiger partial charge in [0.2, 0.25) is 0 Å². The molecule has 0 aliphatic heterocycles. The lowest BCUT2D eigenvalue weighted by Crippen LogP contribution is -2.53. The van der Waals surface area contributed by atoms with Gasteiger partial charge in [-0.1, -0.05) is 31.1 Å². The number of hydrogen-bond donors (Lipinski definition) is 0. The minimum Gasteiger partial charge on any atom is -0.462 e. The first-order valence-corrected chi connectivity index (χ1v) is 11.9. The zero-order valence-electron chi connectivity index (χ0n) is 18.5. The van der Waals surface area contributed by atoms with Crippen LogP contribution in [0.1, 0.15) is 78.6 Å². The Kier molecular flexibility index (Phi) is 4.65. The van der Waals surface area contributed by atoms with Crippen LogP contribution in [0.25, 0.3) is 0 Å². The zero-order chi connectivity index (χ0) is 21.3. The molecule has 3 saturated carbocycles. The van der Waals surface area contributed by atoms with Crippen molar-refractivity contribution < 1.29 is 19.1 Å². The van der Waals surface area contributed by atoms with Crippen LogP contribution in [0.4, 0.5) is 0 Å². The molecule has 5 rings (SSSR count). The first kappa shape index (κ1) is 20.2. The molecule has 0 aromatic carbocycles. The Labute approximate surface area is 179 Å². The molecule has 5 aliphatic carbocycles. The van der Waals surface area contributed by atoms with E-state index in [1.165, 1.54) is 24.5 Å². The molecular formula is C26H34O4. The average Bonchev–Trinajstić information content (AvgIpc) is 3.27. The molecule has 0 bridgehead atoms. The second-order valence-electron chi connectivity index (χ2n) is 11.0. The number of allylic oxidation sites excluding steroid dienone is 3. The second-order valence-corrected chi connectivity index (χ2v) is 11.0. The quantitative estimate of drug-likeness (QED) is 0.477. The molecule has 0 aromatic rings. The first-order valence-electron chi connectivity index (χ1n) is 11.9. The highest BCUT2D eigenvalue weighted by Gasteiger charge is 2.63. The van der Waals surface area contributed by atoms with Crippen LogP contribution in [0, 0.1) is 34.5 Å². The fraction of sp³-hybridized carbons (Fsp3) is 0.731. The molecule has 0 N–H and O–H groups in total. The Hall–Kier alpha value is -1.71. The maximum Gasteiger partial charge on any atom is 0.302 e. The molecule has 0 aromatic heterocycles. The van der Waals surface area contributed by atoms with Gasteiger partial charge < -0.3 is 4.74 Å². The normalized spacial score (nSPS) is 45.2. The molecule has 30 heavy (non-hydrogen) atoms. The number of hydrogen-bond acceptors (Lipinski definition) is 4. The van der Waals surface area contributed by atoms with Gasteiger partial charge in [0.25, 0.3) is 0 Å². The van der Waals surface area contributed by atoms with E-state index in [9.17, 15) is 14.4 Å². The highest BCUT2D eigenvalue weighted by atomic mass is 16.5. The maximum atomic E-state index is 13.5. The van der Waals surface area contributed by atoms with Crippen molar-refractivity contribution in [3.05, 3.63) is 23.3 Å². The summed E-state index contributed by atoms with van der Waals surface area (Å²) in [7, 11) is 0. The van der Waals surface area contributed by atoms with E-state index in [0.717, 1.165) is 38.5 Å². The van der Waals surface area contributed by atoms with Gasteiger partial charge in [0.1, 0.15) is 11.9 Å². The van der Waals surface area contributed by atoms with E-state index in [1.54, 1.807) is 0 Å². The van der Waals surface area contributed by atoms with Crippen LogP contribution in [0.2, 0.25) is 0 Å². The van der Waals surface area contributed by atoms with Gasteiger partial charge in [0.05, 0.1) is 0 Å². The highest BCUT2D eigenvalue weighted by molar-refractivity contribution is 5.96. The number of esters is 1. The van der Waals surface area contributed by atoms with Gasteiger partial charge in [-0.2, -0.15) is 0 Å². The Morgan fingerprint density at radius 1 is 1.10 bits per heavy atom. The van der Waals surface area contributed by atoms with Gasteiger partial charge in [-0.15, -0.1) is 0 Å². The number of carbonyl (C=O) groups excluding carboxylic acids is 3. The van der Waals surface area contributed by atoms with E-state index in [1.807, 2.05) is 6.08 Å². The van der Waals surface area contributed by atoms with Gasteiger partial charge in [-0.25, -0.2) is 0 Å². The monoisotopic (exact) mass is 410 g/mol. The molecular weight excluding hydrogens is 376 g/mol. The van der Waals surface area contributed by atoms with Crippen LogP contribution >= 0.6 is 0 Å². The van der Waals surface area contributed by atoms with Gasteiger partial charge in [0, 0.05) is 31.6 Å². The molecule has 4 heteroatoms.